The van der Waals surface area contributed by atoms with Crippen molar-refractivity contribution in [2.75, 3.05) is 11.9 Å². The second-order valence-electron chi connectivity index (χ2n) is 6.61. The maximum Gasteiger partial charge on any atom is 0.294 e. The summed E-state index contributed by atoms with van der Waals surface area (Å²) in [6, 6.07) is 8.08. The monoisotopic (exact) mass is 456 g/mol. The van der Waals surface area contributed by atoms with Crippen LogP contribution < -0.4 is 5.32 Å². The number of nitrogens with one attached hydrogen (secondary N) is 1. The lowest BCUT2D eigenvalue weighted by molar-refractivity contribution is -0.383. The lowest BCUT2D eigenvalue weighted by Crippen LogP contribution is -2.10. The number of nitrogens with zero attached hydrogens (tertiary/aromatic N) is 5. The Morgan fingerprint density at radius 3 is 2.87 bits per heavy atom. The van der Waals surface area contributed by atoms with Crippen molar-refractivity contribution in [3.05, 3.63) is 74.5 Å². The first-order chi connectivity index (χ1) is 15.0. The number of nitro groups is 1. The molecule has 0 aliphatic heterocycles. The molecule has 0 atom stereocenters. The Balaban J connectivity index is 1.80. The number of aromatic nitrogens is 4. The summed E-state index contributed by atoms with van der Waals surface area (Å²) in [7, 11) is 0. The van der Waals surface area contributed by atoms with Crippen molar-refractivity contribution < 1.29 is 10.0 Å². The molecule has 0 unspecified atom stereocenters. The van der Waals surface area contributed by atoms with Gasteiger partial charge in [-0.15, -0.1) is 11.3 Å². The minimum Gasteiger partial charge on any atom is -0.396 e. The number of nitro benzene ring substituents is 1. The summed E-state index contributed by atoms with van der Waals surface area (Å²) in [5.74, 6) is 0.403. The number of rotatable bonds is 7. The number of thiazole rings is 1. The summed E-state index contributed by atoms with van der Waals surface area (Å²) in [5.41, 5.74) is 2.87. The molecule has 4 rings (SSSR count). The fourth-order valence-electron chi connectivity index (χ4n) is 3.16. The normalized spacial score (nSPS) is 10.9. The molecule has 9 nitrogen and oxygen atoms in total. The van der Waals surface area contributed by atoms with Gasteiger partial charge in [-0.05, 0) is 31.2 Å². The van der Waals surface area contributed by atoms with Crippen molar-refractivity contribution in [2.24, 2.45) is 0 Å². The van der Waals surface area contributed by atoms with Crippen LogP contribution in [0, 0.1) is 17.0 Å². The summed E-state index contributed by atoms with van der Waals surface area (Å²) >= 11 is 7.41. The van der Waals surface area contributed by atoms with Gasteiger partial charge in [-0.3, -0.25) is 10.1 Å². The van der Waals surface area contributed by atoms with Gasteiger partial charge in [0.25, 0.3) is 5.69 Å². The van der Waals surface area contributed by atoms with Gasteiger partial charge in [0.05, 0.1) is 10.6 Å². The van der Waals surface area contributed by atoms with Crippen LogP contribution in [0.15, 0.2) is 48.1 Å². The fraction of sp³-hybridized carbons (Fsp3) is 0.150. The van der Waals surface area contributed by atoms with Crippen molar-refractivity contribution in [2.45, 2.75) is 13.3 Å². The predicted molar refractivity (Wildman–Crippen MR) is 119 cm³/mol. The van der Waals surface area contributed by atoms with Gasteiger partial charge in [0.1, 0.15) is 22.2 Å². The minimum absolute atomic E-state index is 0.129. The Labute approximate surface area is 186 Å². The molecule has 158 valence electrons. The molecule has 4 aromatic rings. The highest BCUT2D eigenvalue weighted by molar-refractivity contribution is 7.13. The molecule has 0 saturated carbocycles. The standard InChI is InChI=1S/C20H17ClN6O3S/c1-12-10-17(26-7-4-16(25-26)20-22-6-9-31-20)14(5-8-28)19(23-12)24-15-3-2-13(21)11-18(15)27(29)30/h2-4,6-7,9-11,28H,5,8H2,1H3,(H,23,24). The van der Waals surface area contributed by atoms with E-state index in [9.17, 15) is 15.2 Å². The molecule has 0 saturated heterocycles. The quantitative estimate of drug-likeness (QED) is 0.309. The molecule has 31 heavy (non-hydrogen) atoms. The second-order valence-corrected chi connectivity index (χ2v) is 7.94. The molecule has 0 spiro atoms. The van der Waals surface area contributed by atoms with Gasteiger partial charge in [-0.25, -0.2) is 14.6 Å². The average molecular weight is 457 g/mol. The van der Waals surface area contributed by atoms with E-state index >= 15 is 0 Å². The maximum absolute atomic E-state index is 11.5. The third kappa shape index (κ3) is 4.41. The van der Waals surface area contributed by atoms with Crippen LogP contribution in [-0.2, 0) is 6.42 Å². The maximum atomic E-state index is 11.5. The van der Waals surface area contributed by atoms with Crippen molar-refractivity contribution >= 4 is 40.1 Å². The first-order valence-corrected chi connectivity index (χ1v) is 10.5. The number of hydrogen-bond donors (Lipinski definition) is 2. The molecule has 2 N–H and O–H groups in total. The van der Waals surface area contributed by atoms with Crippen LogP contribution in [0.25, 0.3) is 16.4 Å². The molecular weight excluding hydrogens is 440 g/mol. The number of pyridine rings is 1. The summed E-state index contributed by atoms with van der Waals surface area (Å²) in [5, 5.41) is 31.7. The smallest absolute Gasteiger partial charge is 0.294 e. The van der Waals surface area contributed by atoms with Crippen LogP contribution in [0.3, 0.4) is 0 Å². The summed E-state index contributed by atoms with van der Waals surface area (Å²) in [6.45, 7) is 1.69. The van der Waals surface area contributed by atoms with E-state index in [2.05, 4.69) is 20.4 Å². The van der Waals surface area contributed by atoms with Gasteiger partial charge in [-0.1, -0.05) is 11.6 Å². The zero-order chi connectivity index (χ0) is 22.0. The lowest BCUT2D eigenvalue weighted by atomic mass is 10.1. The van der Waals surface area contributed by atoms with Crippen molar-refractivity contribution in [3.63, 3.8) is 0 Å². The molecule has 3 aromatic heterocycles. The largest absolute Gasteiger partial charge is 0.396 e. The van der Waals surface area contributed by atoms with Crippen LogP contribution in [-0.4, -0.2) is 36.4 Å². The molecule has 3 heterocycles. The van der Waals surface area contributed by atoms with Crippen LogP contribution >= 0.6 is 22.9 Å². The highest BCUT2D eigenvalue weighted by atomic mass is 35.5. The predicted octanol–water partition coefficient (Wildman–Crippen LogP) is 4.54. The average Bonchev–Trinajstić information content (AvgIpc) is 3.42. The van der Waals surface area contributed by atoms with E-state index in [-0.39, 0.29) is 29.4 Å². The molecule has 0 aliphatic carbocycles. The van der Waals surface area contributed by atoms with Crippen LogP contribution in [0.1, 0.15) is 11.3 Å². The van der Waals surface area contributed by atoms with Gasteiger partial charge < -0.3 is 10.4 Å². The van der Waals surface area contributed by atoms with Crippen LogP contribution in [0.5, 0.6) is 0 Å². The number of aliphatic hydroxyl groups is 1. The fourth-order valence-corrected chi connectivity index (χ4v) is 3.93. The molecule has 0 fully saturated rings. The van der Waals surface area contributed by atoms with E-state index in [1.807, 2.05) is 24.4 Å². The van der Waals surface area contributed by atoms with E-state index < -0.39 is 4.92 Å². The minimum atomic E-state index is -0.509. The summed E-state index contributed by atoms with van der Waals surface area (Å²) < 4.78 is 1.69. The second kappa shape index (κ2) is 8.80. The topological polar surface area (TPSA) is 119 Å². The van der Waals surface area contributed by atoms with Crippen molar-refractivity contribution in [1.29, 1.82) is 0 Å². The number of benzene rings is 1. The van der Waals surface area contributed by atoms with Crippen molar-refractivity contribution in [3.8, 4) is 16.4 Å². The van der Waals surface area contributed by atoms with Gasteiger partial charge in [0.15, 0.2) is 0 Å². The molecule has 1 aromatic carbocycles. The molecule has 0 aliphatic rings. The van der Waals surface area contributed by atoms with Gasteiger partial charge >= 0.3 is 0 Å². The highest BCUT2D eigenvalue weighted by Gasteiger charge is 2.19. The van der Waals surface area contributed by atoms with Gasteiger partial charge in [0, 0.05) is 53.1 Å². The van der Waals surface area contributed by atoms with E-state index in [1.165, 1.54) is 23.5 Å². The number of aliphatic hydroxyl groups excluding tert-OH is 1. The Bertz CT molecular complexity index is 1240. The molecule has 11 heteroatoms. The molecular formula is C20H17ClN6O3S. The molecule has 0 amide bonds. The Morgan fingerprint density at radius 2 is 2.16 bits per heavy atom. The van der Waals surface area contributed by atoms with Gasteiger partial charge in [0.2, 0.25) is 0 Å². The van der Waals surface area contributed by atoms with Gasteiger partial charge in [-0.2, -0.15) is 5.10 Å². The van der Waals surface area contributed by atoms with E-state index in [4.69, 9.17) is 11.6 Å². The first kappa shape index (κ1) is 20.9. The summed E-state index contributed by atoms with van der Waals surface area (Å²) in [4.78, 5) is 19.8. The van der Waals surface area contributed by atoms with Crippen LogP contribution in [0.4, 0.5) is 17.2 Å². The van der Waals surface area contributed by atoms with E-state index in [0.29, 0.717) is 22.8 Å². The molecule has 0 radical (unpaired) electrons. The zero-order valence-electron chi connectivity index (χ0n) is 16.3. The van der Waals surface area contributed by atoms with Crippen LogP contribution in [0.2, 0.25) is 5.02 Å². The highest BCUT2D eigenvalue weighted by Crippen LogP contribution is 2.33. The molecule has 0 bridgehead atoms. The SMILES string of the molecule is Cc1cc(-n2ccc(-c3nccs3)n2)c(CCO)c(Nc2ccc(Cl)cc2[N+](=O)[O-])n1. The zero-order valence-corrected chi connectivity index (χ0v) is 17.9. The number of aryl methyl sites for hydroxylation is 1. The summed E-state index contributed by atoms with van der Waals surface area (Å²) in [6.07, 6.45) is 3.80. The first-order valence-electron chi connectivity index (χ1n) is 9.24. The van der Waals surface area contributed by atoms with E-state index in [0.717, 1.165) is 10.7 Å². The third-order valence-corrected chi connectivity index (χ3v) is 5.52. The number of halogens is 1. The third-order valence-electron chi connectivity index (χ3n) is 4.49. The Kier molecular flexibility index (Phi) is 5.94. The lowest BCUT2D eigenvalue weighted by Gasteiger charge is -2.16. The Morgan fingerprint density at radius 1 is 1.32 bits per heavy atom. The number of anilines is 2. The van der Waals surface area contributed by atoms with Crippen molar-refractivity contribution in [1.82, 2.24) is 19.7 Å². The number of hydrogen-bond acceptors (Lipinski definition) is 8. The Hall–Kier alpha value is -3.34. The van der Waals surface area contributed by atoms with E-state index in [1.54, 1.807) is 23.1 Å².